The largest absolute Gasteiger partial charge is 0.396 e. The van der Waals surface area contributed by atoms with Crippen molar-refractivity contribution in [2.75, 3.05) is 60.5 Å². The second-order valence-electron chi connectivity index (χ2n) is 8.09. The number of amides is 1. The van der Waals surface area contributed by atoms with Crippen molar-refractivity contribution >= 4 is 6.41 Å². The highest BCUT2D eigenvalue weighted by atomic mass is 16.5. The second-order valence-corrected chi connectivity index (χ2v) is 8.09. The van der Waals surface area contributed by atoms with E-state index in [0.717, 1.165) is 19.5 Å². The minimum Gasteiger partial charge on any atom is -0.396 e. The fourth-order valence-corrected chi connectivity index (χ4v) is 2.24. The number of ether oxygens (including phenoxy) is 1. The van der Waals surface area contributed by atoms with E-state index in [-0.39, 0.29) is 5.60 Å². The number of methoxy groups -OCH3 is 1. The van der Waals surface area contributed by atoms with Crippen molar-refractivity contribution in [2.24, 2.45) is 5.41 Å². The molecule has 0 saturated carbocycles. The van der Waals surface area contributed by atoms with Crippen LogP contribution in [-0.2, 0) is 9.53 Å². The molecule has 35 heavy (non-hydrogen) atoms. The highest BCUT2D eigenvalue weighted by Crippen LogP contribution is 2.27. The van der Waals surface area contributed by atoms with Crippen molar-refractivity contribution in [2.45, 2.75) is 122 Å². The Balaban J connectivity index is -0.0000000568. The molecule has 0 aromatic heterocycles. The lowest BCUT2D eigenvalue weighted by Crippen LogP contribution is -2.35. The first-order valence-electron chi connectivity index (χ1n) is 14.2. The van der Waals surface area contributed by atoms with Gasteiger partial charge in [-0.25, -0.2) is 0 Å². The molecule has 1 aliphatic heterocycles. The maximum atomic E-state index is 9.80. The molecule has 222 valence electrons. The molecular formula is C29H73N3O3. The number of hydrogen-bond acceptors (Lipinski definition) is 5. The lowest BCUT2D eigenvalue weighted by Gasteiger charge is -2.21. The quantitative estimate of drug-likeness (QED) is 0.345. The van der Waals surface area contributed by atoms with Crippen molar-refractivity contribution in [1.82, 2.24) is 15.1 Å². The van der Waals surface area contributed by atoms with Crippen LogP contribution in [0.1, 0.15) is 117 Å². The standard InChI is InChI=1S/C7H15N.C6H13NO2.C6H15NO.5C2H6/c1-7(2)4-5-8(3)6-7;1-6(2,9-3)4-7-5-8;1-3-7(2)5-4-6-8;5*1-2/h4-6H2,1-3H3;5H,4H2,1-3H3,(H,7,8);8H,3-6H2,1-2H3;5*1-2H3. The Morgan fingerprint density at radius 3 is 1.66 bits per heavy atom. The van der Waals surface area contributed by atoms with Crippen molar-refractivity contribution < 1.29 is 14.6 Å². The molecule has 1 heterocycles. The zero-order valence-electron chi connectivity index (χ0n) is 27.9. The molecule has 1 amide bonds. The number of aliphatic hydroxyl groups excluding tert-OH is 1. The molecule has 0 aromatic carbocycles. The Kier molecular flexibility index (Phi) is 63.3. The Morgan fingerprint density at radius 1 is 1.03 bits per heavy atom. The Hall–Kier alpha value is -0.690. The summed E-state index contributed by atoms with van der Waals surface area (Å²) >= 11 is 0. The van der Waals surface area contributed by atoms with E-state index in [4.69, 9.17) is 9.84 Å². The molecule has 1 aliphatic rings. The molecule has 1 rings (SSSR count). The maximum absolute atomic E-state index is 9.80. The summed E-state index contributed by atoms with van der Waals surface area (Å²) in [5, 5.41) is 10.9. The van der Waals surface area contributed by atoms with Crippen LogP contribution in [0.5, 0.6) is 0 Å². The highest BCUT2D eigenvalue weighted by Gasteiger charge is 2.26. The number of nitrogens with one attached hydrogen (secondary N) is 1. The van der Waals surface area contributed by atoms with Crippen molar-refractivity contribution in [3.8, 4) is 0 Å². The van der Waals surface area contributed by atoms with Gasteiger partial charge in [-0.15, -0.1) is 0 Å². The van der Waals surface area contributed by atoms with Crippen LogP contribution in [0.2, 0.25) is 0 Å². The first kappa shape index (κ1) is 51.0. The van der Waals surface area contributed by atoms with Gasteiger partial charge in [0.25, 0.3) is 0 Å². The minimum absolute atomic E-state index is 0.249. The molecule has 0 radical (unpaired) electrons. The zero-order chi connectivity index (χ0) is 29.9. The molecule has 6 nitrogen and oxygen atoms in total. The van der Waals surface area contributed by atoms with Gasteiger partial charge >= 0.3 is 0 Å². The number of nitrogens with zero attached hydrogens (tertiary/aromatic N) is 2. The summed E-state index contributed by atoms with van der Waals surface area (Å²) in [6.07, 6.45) is 2.93. The van der Waals surface area contributed by atoms with E-state index in [0.29, 0.717) is 25.0 Å². The van der Waals surface area contributed by atoms with Gasteiger partial charge in [0.05, 0.1) is 5.60 Å². The van der Waals surface area contributed by atoms with Gasteiger partial charge in [-0.3, -0.25) is 4.79 Å². The Morgan fingerprint density at radius 2 is 1.46 bits per heavy atom. The molecule has 1 saturated heterocycles. The number of rotatable bonds is 8. The van der Waals surface area contributed by atoms with E-state index in [9.17, 15) is 4.79 Å². The maximum Gasteiger partial charge on any atom is 0.207 e. The summed E-state index contributed by atoms with van der Waals surface area (Å²) in [6, 6.07) is 0. The molecule has 0 aromatic rings. The number of aliphatic hydroxyl groups is 1. The third-order valence-electron chi connectivity index (χ3n) is 4.27. The third kappa shape index (κ3) is 55.3. The molecule has 0 bridgehead atoms. The molecule has 0 atom stereocenters. The summed E-state index contributed by atoms with van der Waals surface area (Å²) in [7, 11) is 5.86. The van der Waals surface area contributed by atoms with Crippen molar-refractivity contribution in [3.63, 3.8) is 0 Å². The first-order valence-corrected chi connectivity index (χ1v) is 14.2. The van der Waals surface area contributed by atoms with E-state index in [1.165, 1.54) is 19.5 Å². The van der Waals surface area contributed by atoms with Gasteiger partial charge < -0.3 is 25.0 Å². The van der Waals surface area contributed by atoms with Crippen LogP contribution >= 0.6 is 0 Å². The summed E-state index contributed by atoms with van der Waals surface area (Å²) in [5.74, 6) is 0. The molecule has 0 unspecified atom stereocenters. The normalized spacial score (nSPS) is 12.7. The number of likely N-dealkylation sites (tertiary alicyclic amines) is 1. The minimum atomic E-state index is -0.249. The predicted octanol–water partition coefficient (Wildman–Crippen LogP) is 6.96. The average Bonchev–Trinajstić information content (AvgIpc) is 3.23. The molecule has 6 heteroatoms. The Labute approximate surface area is 224 Å². The van der Waals surface area contributed by atoms with Crippen molar-refractivity contribution in [3.05, 3.63) is 0 Å². The predicted molar refractivity (Wildman–Crippen MR) is 163 cm³/mol. The summed E-state index contributed by atoms with van der Waals surface area (Å²) in [6.45, 7) is 36.1. The average molecular weight is 512 g/mol. The van der Waals surface area contributed by atoms with Crippen LogP contribution in [0.4, 0.5) is 0 Å². The summed E-state index contributed by atoms with van der Waals surface area (Å²) in [5.41, 5.74) is 0.343. The second kappa shape index (κ2) is 43.4. The number of carbonyl (C=O) groups is 1. The zero-order valence-corrected chi connectivity index (χ0v) is 27.9. The van der Waals surface area contributed by atoms with Gasteiger partial charge in [-0.2, -0.15) is 0 Å². The monoisotopic (exact) mass is 512 g/mol. The van der Waals surface area contributed by atoms with Gasteiger partial charge in [-0.1, -0.05) is 90.0 Å². The smallest absolute Gasteiger partial charge is 0.207 e. The van der Waals surface area contributed by atoms with Crippen molar-refractivity contribution in [1.29, 1.82) is 0 Å². The van der Waals surface area contributed by atoms with Crippen LogP contribution in [0.25, 0.3) is 0 Å². The third-order valence-corrected chi connectivity index (χ3v) is 4.27. The van der Waals surface area contributed by atoms with Crippen LogP contribution < -0.4 is 5.32 Å². The lowest BCUT2D eigenvalue weighted by atomic mass is 9.93. The molecule has 0 aliphatic carbocycles. The molecule has 1 fully saturated rings. The fraction of sp³-hybridized carbons (Fsp3) is 0.966. The molecule has 2 N–H and O–H groups in total. The van der Waals surface area contributed by atoms with Gasteiger partial charge in [0.1, 0.15) is 0 Å². The van der Waals surface area contributed by atoms with E-state index < -0.39 is 0 Å². The first-order chi connectivity index (χ1) is 16.5. The SMILES string of the molecule is CC.CC.CC.CC.CC.CCN(C)CCCO.CN1CCC(C)(C)C1.COC(C)(C)CNC=O. The topological polar surface area (TPSA) is 65.0 Å². The summed E-state index contributed by atoms with van der Waals surface area (Å²) < 4.78 is 5.02. The van der Waals surface area contributed by atoms with E-state index in [2.05, 4.69) is 50.0 Å². The van der Waals surface area contributed by atoms with Gasteiger partial charge in [-0.05, 0) is 65.8 Å². The van der Waals surface area contributed by atoms with E-state index >= 15 is 0 Å². The van der Waals surface area contributed by atoms with Crippen LogP contribution in [0.3, 0.4) is 0 Å². The number of hydrogen-bond donors (Lipinski definition) is 2. The highest BCUT2D eigenvalue weighted by molar-refractivity contribution is 5.45. The molecule has 0 spiro atoms. The lowest BCUT2D eigenvalue weighted by molar-refractivity contribution is -0.110. The van der Waals surface area contributed by atoms with Crippen LogP contribution in [-0.4, -0.2) is 87.5 Å². The fourth-order valence-electron chi connectivity index (χ4n) is 2.24. The van der Waals surface area contributed by atoms with E-state index in [1.807, 2.05) is 83.1 Å². The summed E-state index contributed by atoms with van der Waals surface area (Å²) in [4.78, 5) is 14.4. The van der Waals surface area contributed by atoms with Gasteiger partial charge in [0.15, 0.2) is 0 Å². The van der Waals surface area contributed by atoms with Crippen LogP contribution in [0, 0.1) is 5.41 Å². The number of carbonyl (C=O) groups excluding carboxylic acids is 1. The van der Waals surface area contributed by atoms with E-state index in [1.54, 1.807) is 7.11 Å². The van der Waals surface area contributed by atoms with Crippen LogP contribution in [0.15, 0.2) is 0 Å². The van der Waals surface area contributed by atoms with Gasteiger partial charge in [0, 0.05) is 26.8 Å². The molecular weight excluding hydrogens is 438 g/mol. The van der Waals surface area contributed by atoms with Gasteiger partial charge in [0.2, 0.25) is 6.41 Å². The Bertz CT molecular complexity index is 326.